The van der Waals surface area contributed by atoms with Gasteiger partial charge in [0.2, 0.25) is 0 Å². The van der Waals surface area contributed by atoms with Gasteiger partial charge in [-0.25, -0.2) is 9.59 Å². The second kappa shape index (κ2) is 4.05. The lowest BCUT2D eigenvalue weighted by Gasteiger charge is -2.05. The number of carboxylic acids is 2. The van der Waals surface area contributed by atoms with E-state index in [-0.39, 0.29) is 22.4 Å². The van der Waals surface area contributed by atoms with Gasteiger partial charge in [0.1, 0.15) is 5.69 Å². The number of aromatic carboxylic acids is 2. The monoisotopic (exact) mass is 233 g/mol. The number of benzene rings is 1. The number of H-pyrrole nitrogens is 1. The maximum absolute atomic E-state index is 11.1. The lowest BCUT2D eigenvalue weighted by Crippen LogP contribution is -2.09. The van der Waals surface area contributed by atoms with Crippen molar-refractivity contribution in [3.8, 4) is 11.3 Å². The van der Waals surface area contributed by atoms with E-state index in [2.05, 4.69) is 15.4 Å². The summed E-state index contributed by atoms with van der Waals surface area (Å²) in [5.41, 5.74) is -0.0800. The molecule has 3 N–H and O–H groups in total. The van der Waals surface area contributed by atoms with Gasteiger partial charge in [-0.1, -0.05) is 12.1 Å². The first-order valence-corrected chi connectivity index (χ1v) is 4.57. The van der Waals surface area contributed by atoms with E-state index in [9.17, 15) is 9.59 Å². The van der Waals surface area contributed by atoms with Crippen molar-refractivity contribution in [3.05, 3.63) is 35.5 Å². The van der Waals surface area contributed by atoms with E-state index in [4.69, 9.17) is 10.2 Å². The minimum Gasteiger partial charge on any atom is -0.478 e. The third-order valence-electron chi connectivity index (χ3n) is 2.20. The molecule has 0 saturated carbocycles. The molecule has 0 spiro atoms. The van der Waals surface area contributed by atoms with Gasteiger partial charge in [-0.05, 0) is 6.07 Å². The summed E-state index contributed by atoms with van der Waals surface area (Å²) in [7, 11) is 0. The molecule has 86 valence electrons. The number of hydrogen-bond donors (Lipinski definition) is 3. The van der Waals surface area contributed by atoms with Crippen molar-refractivity contribution in [1.29, 1.82) is 0 Å². The van der Waals surface area contributed by atoms with Crippen molar-refractivity contribution in [2.45, 2.75) is 0 Å². The Balaban J connectivity index is 2.72. The maximum atomic E-state index is 11.1. The van der Waals surface area contributed by atoms with Crippen LogP contribution in [0.25, 0.3) is 11.3 Å². The Bertz CT molecular complexity index is 577. The van der Waals surface area contributed by atoms with Gasteiger partial charge in [0, 0.05) is 5.56 Å². The van der Waals surface area contributed by atoms with E-state index in [0.29, 0.717) is 0 Å². The van der Waals surface area contributed by atoms with Crippen molar-refractivity contribution in [2.24, 2.45) is 0 Å². The lowest BCUT2D eigenvalue weighted by atomic mass is 9.99. The SMILES string of the molecule is O=C(O)c1cccc(-c2cn[nH]n2)c1C(=O)O. The highest BCUT2D eigenvalue weighted by Gasteiger charge is 2.21. The highest BCUT2D eigenvalue weighted by molar-refractivity contribution is 6.06. The van der Waals surface area contributed by atoms with Crippen LogP contribution < -0.4 is 0 Å². The van der Waals surface area contributed by atoms with Gasteiger partial charge < -0.3 is 10.2 Å². The van der Waals surface area contributed by atoms with Crippen molar-refractivity contribution in [1.82, 2.24) is 15.4 Å². The molecule has 0 bridgehead atoms. The first-order chi connectivity index (χ1) is 8.11. The largest absolute Gasteiger partial charge is 0.478 e. The fourth-order valence-electron chi connectivity index (χ4n) is 1.51. The fourth-order valence-corrected chi connectivity index (χ4v) is 1.51. The second-order valence-corrected chi connectivity index (χ2v) is 3.19. The molecule has 0 aliphatic carbocycles. The summed E-state index contributed by atoms with van der Waals surface area (Å²) in [6.07, 6.45) is 1.33. The number of nitrogens with zero attached hydrogens (tertiary/aromatic N) is 2. The van der Waals surface area contributed by atoms with Gasteiger partial charge in [0.15, 0.2) is 0 Å². The van der Waals surface area contributed by atoms with Crippen LogP contribution in [0.4, 0.5) is 0 Å². The van der Waals surface area contributed by atoms with Crippen LogP contribution in [0.5, 0.6) is 0 Å². The average Bonchev–Trinajstić information content (AvgIpc) is 2.81. The fraction of sp³-hybridized carbons (Fsp3) is 0. The molecule has 2 aromatic rings. The minimum absolute atomic E-state index is 0.214. The Morgan fingerprint density at radius 2 is 1.94 bits per heavy atom. The van der Waals surface area contributed by atoms with Gasteiger partial charge >= 0.3 is 11.9 Å². The van der Waals surface area contributed by atoms with Crippen LogP contribution in [0.15, 0.2) is 24.4 Å². The summed E-state index contributed by atoms with van der Waals surface area (Å²) in [5, 5.41) is 27.6. The van der Waals surface area contributed by atoms with Crippen molar-refractivity contribution in [3.63, 3.8) is 0 Å². The molecule has 0 amide bonds. The molecule has 0 atom stereocenters. The quantitative estimate of drug-likeness (QED) is 0.724. The molecule has 0 fully saturated rings. The third-order valence-corrected chi connectivity index (χ3v) is 2.20. The Kier molecular flexibility index (Phi) is 2.57. The van der Waals surface area contributed by atoms with Crippen LogP contribution in [0.2, 0.25) is 0 Å². The summed E-state index contributed by atoms with van der Waals surface area (Å²) in [4.78, 5) is 22.1. The summed E-state index contributed by atoms with van der Waals surface area (Å²) >= 11 is 0. The van der Waals surface area contributed by atoms with Crippen LogP contribution in [-0.4, -0.2) is 37.6 Å². The average molecular weight is 233 g/mol. The molecule has 0 saturated heterocycles. The first-order valence-electron chi connectivity index (χ1n) is 4.57. The zero-order valence-electron chi connectivity index (χ0n) is 8.41. The molecule has 17 heavy (non-hydrogen) atoms. The number of carboxylic acid groups (broad SMARTS) is 2. The Hall–Kier alpha value is -2.70. The lowest BCUT2D eigenvalue weighted by molar-refractivity contribution is 0.0652. The van der Waals surface area contributed by atoms with Crippen molar-refractivity contribution in [2.75, 3.05) is 0 Å². The molecule has 1 aromatic carbocycles. The molecular weight excluding hydrogens is 226 g/mol. The standard InChI is InChI=1S/C10H7N3O4/c14-9(15)6-3-1-2-5(8(6)10(16)17)7-4-11-13-12-7/h1-4H,(H,14,15)(H,16,17)(H,11,12,13). The Labute approximate surface area is 94.7 Å². The second-order valence-electron chi connectivity index (χ2n) is 3.19. The van der Waals surface area contributed by atoms with Gasteiger partial charge in [0.05, 0.1) is 17.3 Å². The van der Waals surface area contributed by atoms with E-state index in [1.54, 1.807) is 0 Å². The first kappa shape index (κ1) is 10.8. The molecule has 1 heterocycles. The normalized spacial score (nSPS) is 10.1. The predicted molar refractivity (Wildman–Crippen MR) is 55.7 cm³/mol. The molecular formula is C10H7N3O4. The number of aromatic amines is 1. The van der Waals surface area contributed by atoms with Crippen LogP contribution in [-0.2, 0) is 0 Å². The smallest absolute Gasteiger partial charge is 0.337 e. The highest BCUT2D eigenvalue weighted by Crippen LogP contribution is 2.24. The molecule has 1 aromatic heterocycles. The topological polar surface area (TPSA) is 116 Å². The summed E-state index contributed by atoms with van der Waals surface area (Å²) in [6, 6.07) is 4.17. The molecule has 7 heteroatoms. The van der Waals surface area contributed by atoms with E-state index in [1.165, 1.54) is 24.4 Å². The zero-order valence-corrected chi connectivity index (χ0v) is 8.41. The van der Waals surface area contributed by atoms with E-state index < -0.39 is 11.9 Å². The number of carbonyl (C=O) groups is 2. The number of hydrogen-bond acceptors (Lipinski definition) is 4. The summed E-state index contributed by atoms with van der Waals surface area (Å²) in [6.45, 7) is 0. The van der Waals surface area contributed by atoms with Crippen molar-refractivity contribution >= 4 is 11.9 Å². The van der Waals surface area contributed by atoms with Gasteiger partial charge in [0.25, 0.3) is 0 Å². The molecule has 0 unspecified atom stereocenters. The highest BCUT2D eigenvalue weighted by atomic mass is 16.4. The van der Waals surface area contributed by atoms with E-state index in [0.717, 1.165) is 0 Å². The van der Waals surface area contributed by atoms with Crippen LogP contribution in [0.3, 0.4) is 0 Å². The van der Waals surface area contributed by atoms with Crippen LogP contribution in [0.1, 0.15) is 20.7 Å². The maximum Gasteiger partial charge on any atom is 0.337 e. The Morgan fingerprint density at radius 1 is 1.18 bits per heavy atom. The number of rotatable bonds is 3. The number of nitrogens with one attached hydrogen (secondary N) is 1. The summed E-state index contributed by atoms with van der Waals surface area (Å²) in [5.74, 6) is -2.62. The number of aromatic nitrogens is 3. The van der Waals surface area contributed by atoms with Gasteiger partial charge in [-0.3, -0.25) is 0 Å². The third kappa shape index (κ3) is 1.85. The summed E-state index contributed by atoms with van der Waals surface area (Å²) < 4.78 is 0. The molecule has 7 nitrogen and oxygen atoms in total. The van der Waals surface area contributed by atoms with Gasteiger partial charge in [-0.2, -0.15) is 15.4 Å². The van der Waals surface area contributed by atoms with E-state index in [1.807, 2.05) is 0 Å². The minimum atomic E-state index is -1.32. The van der Waals surface area contributed by atoms with Crippen molar-refractivity contribution < 1.29 is 19.8 Å². The van der Waals surface area contributed by atoms with Crippen LogP contribution >= 0.6 is 0 Å². The predicted octanol–water partition coefficient (Wildman–Crippen LogP) is 0.868. The zero-order chi connectivity index (χ0) is 12.4. The van der Waals surface area contributed by atoms with Gasteiger partial charge in [-0.15, -0.1) is 0 Å². The van der Waals surface area contributed by atoms with E-state index >= 15 is 0 Å². The molecule has 2 rings (SSSR count). The Morgan fingerprint density at radius 3 is 2.47 bits per heavy atom. The van der Waals surface area contributed by atoms with Crippen LogP contribution in [0, 0.1) is 0 Å². The molecule has 0 aliphatic rings. The molecule has 0 aliphatic heterocycles. The molecule has 0 radical (unpaired) electrons.